The van der Waals surface area contributed by atoms with Gasteiger partial charge in [0, 0.05) is 36.3 Å². The third kappa shape index (κ3) is 5.11. The topological polar surface area (TPSA) is 49.4 Å². The summed E-state index contributed by atoms with van der Waals surface area (Å²) >= 11 is 5.86. The van der Waals surface area contributed by atoms with Gasteiger partial charge in [0.2, 0.25) is 11.8 Å². The Morgan fingerprint density at radius 2 is 1.83 bits per heavy atom. The first kappa shape index (κ1) is 17.0. The third-order valence-electron chi connectivity index (χ3n) is 3.38. The zero-order valence-electron chi connectivity index (χ0n) is 13.2. The lowest BCUT2D eigenvalue weighted by Gasteiger charge is -2.21. The van der Waals surface area contributed by atoms with Crippen molar-refractivity contribution >= 4 is 34.8 Å². The Kier molecular flexibility index (Phi) is 5.77. The summed E-state index contributed by atoms with van der Waals surface area (Å²) in [6, 6.07) is 14.6. The average Bonchev–Trinajstić information content (AvgIpc) is 2.49. The number of carbonyl (C=O) groups excluding carboxylic acids is 2. The fourth-order valence-corrected chi connectivity index (χ4v) is 2.38. The monoisotopic (exact) mass is 330 g/mol. The lowest BCUT2D eigenvalue weighted by atomic mass is 10.2. The van der Waals surface area contributed by atoms with Crippen molar-refractivity contribution in [3.63, 3.8) is 0 Å². The number of hydrogen-bond acceptors (Lipinski definition) is 2. The van der Waals surface area contributed by atoms with Gasteiger partial charge in [0.15, 0.2) is 0 Å². The number of rotatable bonds is 5. The largest absolute Gasteiger partial charge is 0.326 e. The molecule has 0 fully saturated rings. The fraction of sp³-hybridized carbons (Fsp3) is 0.222. The Labute approximate surface area is 141 Å². The van der Waals surface area contributed by atoms with Crippen LogP contribution in [0.15, 0.2) is 48.5 Å². The van der Waals surface area contributed by atoms with Crippen LogP contribution in [-0.2, 0) is 9.59 Å². The highest BCUT2D eigenvalue weighted by atomic mass is 35.5. The first-order valence-electron chi connectivity index (χ1n) is 7.36. The predicted octanol–water partition coefficient (Wildman–Crippen LogP) is 4.03. The Morgan fingerprint density at radius 1 is 1.13 bits per heavy atom. The Morgan fingerprint density at radius 3 is 2.43 bits per heavy atom. The molecule has 4 nitrogen and oxygen atoms in total. The molecule has 0 aromatic heterocycles. The van der Waals surface area contributed by atoms with Crippen molar-refractivity contribution in [3.05, 3.63) is 59.1 Å². The summed E-state index contributed by atoms with van der Waals surface area (Å²) in [6.07, 6.45) is 0.218. The smallest absolute Gasteiger partial charge is 0.226 e. The maximum Gasteiger partial charge on any atom is 0.226 e. The molecule has 0 aliphatic rings. The van der Waals surface area contributed by atoms with Crippen LogP contribution in [0.3, 0.4) is 0 Å². The zero-order valence-corrected chi connectivity index (χ0v) is 13.9. The van der Waals surface area contributed by atoms with Crippen molar-refractivity contribution in [2.24, 2.45) is 0 Å². The van der Waals surface area contributed by atoms with Gasteiger partial charge in [-0.05, 0) is 48.9 Å². The molecule has 0 bridgehead atoms. The summed E-state index contributed by atoms with van der Waals surface area (Å²) < 4.78 is 0. The van der Waals surface area contributed by atoms with Crippen molar-refractivity contribution in [2.45, 2.75) is 20.3 Å². The molecular formula is C18H19ClN2O2. The van der Waals surface area contributed by atoms with Crippen LogP contribution in [0.5, 0.6) is 0 Å². The summed E-state index contributed by atoms with van der Waals surface area (Å²) in [4.78, 5) is 25.4. The summed E-state index contributed by atoms with van der Waals surface area (Å²) in [7, 11) is 0. The van der Waals surface area contributed by atoms with E-state index >= 15 is 0 Å². The minimum absolute atomic E-state index is 0.115. The van der Waals surface area contributed by atoms with E-state index in [1.165, 1.54) is 6.92 Å². The number of halogens is 1. The van der Waals surface area contributed by atoms with Crippen LogP contribution in [-0.4, -0.2) is 18.4 Å². The van der Waals surface area contributed by atoms with Crippen LogP contribution in [0.2, 0.25) is 5.02 Å². The molecule has 0 spiro atoms. The molecule has 2 aromatic carbocycles. The van der Waals surface area contributed by atoms with Crippen LogP contribution in [0.4, 0.5) is 11.4 Å². The van der Waals surface area contributed by atoms with E-state index in [0.29, 0.717) is 11.6 Å². The number of aryl methyl sites for hydroxylation is 1. The Hall–Kier alpha value is -2.33. The van der Waals surface area contributed by atoms with E-state index in [1.54, 1.807) is 29.2 Å². The molecule has 0 atom stereocenters. The molecule has 23 heavy (non-hydrogen) atoms. The number of benzene rings is 2. The molecule has 0 heterocycles. The minimum Gasteiger partial charge on any atom is -0.326 e. The SMILES string of the molecule is CC(=O)N(CCC(=O)Nc1cccc(C)c1)c1ccc(Cl)cc1. The van der Waals surface area contributed by atoms with Crippen molar-refractivity contribution in [2.75, 3.05) is 16.8 Å². The molecule has 0 saturated carbocycles. The normalized spacial score (nSPS) is 10.2. The molecule has 0 radical (unpaired) electrons. The van der Waals surface area contributed by atoms with Gasteiger partial charge in [-0.15, -0.1) is 0 Å². The zero-order chi connectivity index (χ0) is 16.8. The van der Waals surface area contributed by atoms with E-state index in [2.05, 4.69) is 5.32 Å². The van der Waals surface area contributed by atoms with Crippen LogP contribution in [0.25, 0.3) is 0 Å². The first-order chi connectivity index (χ1) is 11.0. The molecule has 0 aliphatic carbocycles. The maximum absolute atomic E-state index is 12.1. The van der Waals surface area contributed by atoms with Crippen LogP contribution in [0.1, 0.15) is 18.9 Å². The highest BCUT2D eigenvalue weighted by Crippen LogP contribution is 2.18. The lowest BCUT2D eigenvalue weighted by molar-refractivity contribution is -0.117. The van der Waals surface area contributed by atoms with Gasteiger partial charge < -0.3 is 10.2 Å². The van der Waals surface area contributed by atoms with Gasteiger partial charge in [-0.2, -0.15) is 0 Å². The first-order valence-corrected chi connectivity index (χ1v) is 7.73. The summed E-state index contributed by atoms with van der Waals surface area (Å²) in [5.41, 5.74) is 2.57. The molecule has 1 N–H and O–H groups in total. The van der Waals surface area contributed by atoms with Crippen molar-refractivity contribution < 1.29 is 9.59 Å². The fourth-order valence-electron chi connectivity index (χ4n) is 2.25. The molecule has 120 valence electrons. The van der Waals surface area contributed by atoms with Gasteiger partial charge in [0.25, 0.3) is 0 Å². The van der Waals surface area contributed by atoms with E-state index in [1.807, 2.05) is 31.2 Å². The standard InChI is InChI=1S/C18H19ClN2O2/c1-13-4-3-5-16(12-13)20-18(23)10-11-21(14(2)22)17-8-6-15(19)7-9-17/h3-9,12H,10-11H2,1-2H3,(H,20,23). The van der Waals surface area contributed by atoms with Gasteiger partial charge in [0.1, 0.15) is 0 Å². The molecule has 0 unspecified atom stereocenters. The van der Waals surface area contributed by atoms with Crippen molar-refractivity contribution in [1.29, 1.82) is 0 Å². The lowest BCUT2D eigenvalue weighted by Crippen LogP contribution is -2.31. The van der Waals surface area contributed by atoms with Crippen LogP contribution < -0.4 is 10.2 Å². The third-order valence-corrected chi connectivity index (χ3v) is 3.63. The number of hydrogen-bond donors (Lipinski definition) is 1. The molecule has 0 aliphatic heterocycles. The van der Waals surface area contributed by atoms with Crippen LogP contribution in [0, 0.1) is 6.92 Å². The van der Waals surface area contributed by atoms with Gasteiger partial charge in [-0.1, -0.05) is 23.7 Å². The van der Waals surface area contributed by atoms with Gasteiger partial charge >= 0.3 is 0 Å². The average molecular weight is 331 g/mol. The van der Waals surface area contributed by atoms with E-state index in [9.17, 15) is 9.59 Å². The van der Waals surface area contributed by atoms with E-state index in [-0.39, 0.29) is 18.2 Å². The number of carbonyl (C=O) groups is 2. The summed E-state index contributed by atoms with van der Waals surface area (Å²) in [5.74, 6) is -0.244. The number of nitrogens with one attached hydrogen (secondary N) is 1. The van der Waals surface area contributed by atoms with Crippen molar-refractivity contribution in [1.82, 2.24) is 0 Å². The maximum atomic E-state index is 12.1. The minimum atomic E-state index is -0.129. The quantitative estimate of drug-likeness (QED) is 0.899. The van der Waals surface area contributed by atoms with Crippen molar-refractivity contribution in [3.8, 4) is 0 Å². The molecule has 5 heteroatoms. The van der Waals surface area contributed by atoms with Gasteiger partial charge in [-0.3, -0.25) is 9.59 Å². The number of nitrogens with zero attached hydrogens (tertiary/aromatic N) is 1. The second kappa shape index (κ2) is 7.79. The molecule has 2 amide bonds. The summed E-state index contributed by atoms with van der Waals surface area (Å²) in [6.45, 7) is 3.76. The second-order valence-corrected chi connectivity index (χ2v) is 5.75. The molecule has 2 rings (SSSR count). The predicted molar refractivity (Wildman–Crippen MR) is 93.9 cm³/mol. The number of anilines is 2. The van der Waals surface area contributed by atoms with E-state index in [4.69, 9.17) is 11.6 Å². The summed E-state index contributed by atoms with van der Waals surface area (Å²) in [5, 5.41) is 3.45. The van der Waals surface area contributed by atoms with Gasteiger partial charge in [0.05, 0.1) is 0 Å². The second-order valence-electron chi connectivity index (χ2n) is 5.31. The highest BCUT2D eigenvalue weighted by molar-refractivity contribution is 6.30. The van der Waals surface area contributed by atoms with E-state index < -0.39 is 0 Å². The Bertz CT molecular complexity index is 698. The molecular weight excluding hydrogens is 312 g/mol. The highest BCUT2D eigenvalue weighted by Gasteiger charge is 2.13. The van der Waals surface area contributed by atoms with E-state index in [0.717, 1.165) is 16.9 Å². The van der Waals surface area contributed by atoms with Crippen LogP contribution >= 0.6 is 11.6 Å². The Balaban J connectivity index is 1.97. The molecule has 0 saturated heterocycles. The number of amides is 2. The van der Waals surface area contributed by atoms with Gasteiger partial charge in [-0.25, -0.2) is 0 Å². The molecule has 2 aromatic rings.